The van der Waals surface area contributed by atoms with Crippen LogP contribution in [0.1, 0.15) is 11.1 Å². The highest BCUT2D eigenvalue weighted by Crippen LogP contribution is 2.21. The van der Waals surface area contributed by atoms with Gasteiger partial charge in [-0.25, -0.2) is 4.98 Å². The number of benzene rings is 1. The summed E-state index contributed by atoms with van der Waals surface area (Å²) >= 11 is 0. The molecule has 2 aromatic heterocycles. The molecular weight excluding hydrogens is 296 g/mol. The van der Waals surface area contributed by atoms with Crippen molar-refractivity contribution in [1.82, 2.24) is 14.8 Å². The van der Waals surface area contributed by atoms with Gasteiger partial charge in [-0.2, -0.15) is 5.10 Å². The average molecular weight is 314 g/mol. The number of aryl methyl sites for hydroxylation is 1. The van der Waals surface area contributed by atoms with Crippen molar-refractivity contribution in [2.75, 3.05) is 11.6 Å². The Kier molecular flexibility index (Phi) is 4.20. The van der Waals surface area contributed by atoms with Crippen LogP contribution in [-0.2, 0) is 30.1 Å². The lowest BCUT2D eigenvalue weighted by Crippen LogP contribution is -2.01. The minimum Gasteiger partial charge on any atom is -0.380 e. The Bertz CT molecular complexity index is 811. The number of hydrogen-bond acceptors (Lipinski definition) is 4. The van der Waals surface area contributed by atoms with Crippen molar-refractivity contribution in [1.29, 1.82) is 0 Å². The molecule has 0 radical (unpaired) electrons. The second-order valence-corrected chi connectivity index (χ2v) is 6.69. The maximum atomic E-state index is 11.2. The van der Waals surface area contributed by atoms with E-state index in [0.717, 1.165) is 28.8 Å². The molecule has 0 saturated carbocycles. The van der Waals surface area contributed by atoms with Gasteiger partial charge in [0.05, 0.1) is 11.6 Å². The predicted octanol–water partition coefficient (Wildman–Crippen LogP) is 2.46. The standard InChI is InChI=1S/C16H18N4OS/c1-20-16-14(10-19-20)15(7-8-17-16)18-9-12-3-5-13(6-4-12)11-22(2)21/h3-8,10H,9,11H2,1-2H3,(H,17,18). The quantitative estimate of drug-likeness (QED) is 0.786. The lowest BCUT2D eigenvalue weighted by molar-refractivity contribution is 0.686. The molecular formula is C16H18N4OS. The van der Waals surface area contributed by atoms with E-state index in [0.29, 0.717) is 5.75 Å². The number of pyridine rings is 1. The molecule has 0 bridgehead atoms. The number of hydrogen-bond donors (Lipinski definition) is 1. The Labute approximate surface area is 131 Å². The summed E-state index contributed by atoms with van der Waals surface area (Å²) in [5.74, 6) is 0.606. The Morgan fingerprint density at radius 3 is 2.64 bits per heavy atom. The first kappa shape index (κ1) is 14.7. The van der Waals surface area contributed by atoms with Crippen molar-refractivity contribution < 1.29 is 4.21 Å². The topological polar surface area (TPSA) is 59.8 Å². The van der Waals surface area contributed by atoms with Gasteiger partial charge in [0.2, 0.25) is 0 Å². The Morgan fingerprint density at radius 1 is 1.18 bits per heavy atom. The van der Waals surface area contributed by atoms with E-state index < -0.39 is 10.8 Å². The van der Waals surface area contributed by atoms with Crippen LogP contribution in [0.25, 0.3) is 11.0 Å². The van der Waals surface area contributed by atoms with E-state index in [1.54, 1.807) is 17.1 Å². The molecule has 114 valence electrons. The molecule has 0 amide bonds. The van der Waals surface area contributed by atoms with Gasteiger partial charge in [0.1, 0.15) is 0 Å². The maximum Gasteiger partial charge on any atom is 0.159 e. The summed E-state index contributed by atoms with van der Waals surface area (Å²) in [7, 11) is 1.08. The van der Waals surface area contributed by atoms with E-state index in [-0.39, 0.29) is 0 Å². The molecule has 3 aromatic rings. The van der Waals surface area contributed by atoms with Crippen molar-refractivity contribution in [2.45, 2.75) is 12.3 Å². The van der Waals surface area contributed by atoms with E-state index in [9.17, 15) is 4.21 Å². The van der Waals surface area contributed by atoms with Crippen molar-refractivity contribution in [2.24, 2.45) is 7.05 Å². The number of nitrogens with one attached hydrogen (secondary N) is 1. The number of fused-ring (bicyclic) bond motifs is 1. The van der Waals surface area contributed by atoms with Crippen LogP contribution < -0.4 is 5.32 Å². The van der Waals surface area contributed by atoms with Gasteiger partial charge in [0, 0.05) is 48.3 Å². The van der Waals surface area contributed by atoms with Crippen molar-refractivity contribution in [3.8, 4) is 0 Å². The minimum absolute atomic E-state index is 0.606. The van der Waals surface area contributed by atoms with Crippen LogP contribution in [0.3, 0.4) is 0 Å². The normalized spacial score (nSPS) is 12.5. The van der Waals surface area contributed by atoms with Gasteiger partial charge in [0.15, 0.2) is 5.65 Å². The van der Waals surface area contributed by atoms with E-state index in [1.165, 1.54) is 5.56 Å². The fourth-order valence-electron chi connectivity index (χ4n) is 2.39. The number of aromatic nitrogens is 3. The molecule has 22 heavy (non-hydrogen) atoms. The molecule has 6 heteroatoms. The highest BCUT2D eigenvalue weighted by Gasteiger charge is 2.05. The van der Waals surface area contributed by atoms with Gasteiger partial charge >= 0.3 is 0 Å². The first-order chi connectivity index (χ1) is 10.6. The summed E-state index contributed by atoms with van der Waals surface area (Å²) in [6, 6.07) is 10.2. The summed E-state index contributed by atoms with van der Waals surface area (Å²) in [5.41, 5.74) is 4.17. The number of rotatable bonds is 5. The van der Waals surface area contributed by atoms with Crippen LogP contribution in [0.2, 0.25) is 0 Å². The van der Waals surface area contributed by atoms with Crippen LogP contribution in [-0.4, -0.2) is 25.2 Å². The summed E-state index contributed by atoms with van der Waals surface area (Å²) in [4.78, 5) is 4.33. The van der Waals surface area contributed by atoms with Gasteiger partial charge in [-0.1, -0.05) is 24.3 Å². The van der Waals surface area contributed by atoms with Crippen LogP contribution in [0.4, 0.5) is 5.69 Å². The van der Waals surface area contributed by atoms with Gasteiger partial charge in [0.25, 0.3) is 0 Å². The molecule has 0 spiro atoms. The zero-order valence-corrected chi connectivity index (χ0v) is 13.4. The zero-order valence-electron chi connectivity index (χ0n) is 12.6. The molecule has 3 rings (SSSR count). The molecule has 2 heterocycles. The van der Waals surface area contributed by atoms with Gasteiger partial charge in [-0.05, 0) is 17.2 Å². The van der Waals surface area contributed by atoms with Gasteiger partial charge < -0.3 is 5.32 Å². The first-order valence-electron chi connectivity index (χ1n) is 7.02. The lowest BCUT2D eigenvalue weighted by Gasteiger charge is -2.08. The molecule has 1 N–H and O–H groups in total. The third kappa shape index (κ3) is 3.17. The lowest BCUT2D eigenvalue weighted by atomic mass is 10.1. The molecule has 1 atom stereocenters. The summed E-state index contributed by atoms with van der Waals surface area (Å²) in [6.07, 6.45) is 5.33. The highest BCUT2D eigenvalue weighted by atomic mass is 32.2. The van der Waals surface area contributed by atoms with E-state index >= 15 is 0 Å². The molecule has 0 fully saturated rings. The molecule has 0 aliphatic heterocycles. The number of nitrogens with zero attached hydrogens (tertiary/aromatic N) is 3. The van der Waals surface area contributed by atoms with Crippen molar-refractivity contribution in [3.63, 3.8) is 0 Å². The Balaban J connectivity index is 1.72. The minimum atomic E-state index is -0.802. The van der Waals surface area contributed by atoms with Crippen molar-refractivity contribution in [3.05, 3.63) is 53.9 Å². The van der Waals surface area contributed by atoms with Crippen LogP contribution >= 0.6 is 0 Å². The third-order valence-electron chi connectivity index (χ3n) is 3.51. The Morgan fingerprint density at radius 2 is 1.91 bits per heavy atom. The highest BCUT2D eigenvalue weighted by molar-refractivity contribution is 7.83. The second-order valence-electron chi connectivity index (χ2n) is 5.25. The summed E-state index contributed by atoms with van der Waals surface area (Å²) in [5, 5.41) is 8.68. The fraction of sp³-hybridized carbons (Fsp3) is 0.250. The van der Waals surface area contributed by atoms with Crippen LogP contribution in [0.5, 0.6) is 0 Å². The smallest absolute Gasteiger partial charge is 0.159 e. The number of anilines is 1. The maximum absolute atomic E-state index is 11.2. The molecule has 0 aliphatic rings. The monoisotopic (exact) mass is 314 g/mol. The SMILES string of the molecule is Cn1ncc2c(NCc3ccc(CS(C)=O)cc3)ccnc21. The third-order valence-corrected chi connectivity index (χ3v) is 4.25. The van der Waals surface area contributed by atoms with E-state index in [2.05, 4.69) is 27.5 Å². The van der Waals surface area contributed by atoms with Crippen LogP contribution in [0.15, 0.2) is 42.7 Å². The second kappa shape index (κ2) is 6.27. The van der Waals surface area contributed by atoms with Crippen LogP contribution in [0, 0.1) is 0 Å². The zero-order chi connectivity index (χ0) is 15.5. The summed E-state index contributed by atoms with van der Waals surface area (Å²) < 4.78 is 13.0. The molecule has 1 unspecified atom stereocenters. The van der Waals surface area contributed by atoms with Crippen molar-refractivity contribution >= 4 is 27.5 Å². The predicted molar refractivity (Wildman–Crippen MR) is 90.0 cm³/mol. The summed E-state index contributed by atoms with van der Waals surface area (Å²) in [6.45, 7) is 0.726. The molecule has 1 aromatic carbocycles. The van der Waals surface area contributed by atoms with E-state index in [4.69, 9.17) is 0 Å². The van der Waals surface area contributed by atoms with Gasteiger partial charge in [-0.3, -0.25) is 8.89 Å². The molecule has 0 aliphatic carbocycles. The van der Waals surface area contributed by atoms with Gasteiger partial charge in [-0.15, -0.1) is 0 Å². The fourth-order valence-corrected chi connectivity index (χ4v) is 3.05. The Hall–Kier alpha value is -2.21. The van der Waals surface area contributed by atoms with E-state index in [1.807, 2.05) is 31.4 Å². The first-order valence-corrected chi connectivity index (χ1v) is 8.74. The average Bonchev–Trinajstić information content (AvgIpc) is 2.88. The largest absolute Gasteiger partial charge is 0.380 e. The molecule has 5 nitrogen and oxygen atoms in total. The molecule has 0 saturated heterocycles.